The van der Waals surface area contributed by atoms with Gasteiger partial charge in [-0.15, -0.1) is 0 Å². The molecule has 3 rings (SSSR count). The number of benzene rings is 1. The highest BCUT2D eigenvalue weighted by Gasteiger charge is 2.07. The van der Waals surface area contributed by atoms with Gasteiger partial charge in [-0.2, -0.15) is 0 Å². The summed E-state index contributed by atoms with van der Waals surface area (Å²) in [5, 5.41) is 1.29. The molecule has 0 amide bonds. The van der Waals surface area contributed by atoms with Crippen LogP contribution in [0.5, 0.6) is 0 Å². The average molecular weight is 304 g/mol. The van der Waals surface area contributed by atoms with E-state index in [1.54, 1.807) is 0 Å². The molecular formula is C15H14BrNO. The summed E-state index contributed by atoms with van der Waals surface area (Å²) < 4.78 is 8.61. The van der Waals surface area contributed by atoms with E-state index in [4.69, 9.17) is 4.42 Å². The van der Waals surface area contributed by atoms with Crippen molar-refractivity contribution in [3.8, 4) is 0 Å². The van der Waals surface area contributed by atoms with Crippen molar-refractivity contribution in [3.63, 3.8) is 0 Å². The quantitative estimate of drug-likeness (QED) is 0.691. The fraction of sp³-hybridized carbons (Fsp3) is 0.200. The lowest BCUT2D eigenvalue weighted by atomic mass is 10.1. The van der Waals surface area contributed by atoms with Crippen LogP contribution >= 0.6 is 15.9 Å². The summed E-state index contributed by atoms with van der Waals surface area (Å²) in [6.07, 6.45) is 3.17. The van der Waals surface area contributed by atoms with Gasteiger partial charge in [0, 0.05) is 6.20 Å². The molecule has 0 N–H and O–H groups in total. The van der Waals surface area contributed by atoms with E-state index in [2.05, 4.69) is 57.9 Å². The topological polar surface area (TPSA) is 18.1 Å². The zero-order chi connectivity index (χ0) is 12.5. The summed E-state index contributed by atoms with van der Waals surface area (Å²) in [6.45, 7) is 2.96. The van der Waals surface area contributed by atoms with Crippen molar-refractivity contribution in [2.45, 2.75) is 19.9 Å². The Morgan fingerprint density at radius 3 is 2.78 bits per heavy atom. The Bertz CT molecular complexity index is 681. The van der Waals surface area contributed by atoms with E-state index in [0.29, 0.717) is 0 Å². The van der Waals surface area contributed by atoms with Gasteiger partial charge < -0.3 is 8.98 Å². The minimum atomic E-state index is 0.770. The van der Waals surface area contributed by atoms with Crippen molar-refractivity contribution in [2.75, 3.05) is 0 Å². The first-order valence-corrected chi connectivity index (χ1v) is 6.88. The Kier molecular flexibility index (Phi) is 3.00. The van der Waals surface area contributed by atoms with E-state index in [1.807, 2.05) is 12.1 Å². The van der Waals surface area contributed by atoms with Crippen molar-refractivity contribution < 1.29 is 4.42 Å². The summed E-state index contributed by atoms with van der Waals surface area (Å²) in [7, 11) is 0. The fourth-order valence-electron chi connectivity index (χ4n) is 2.36. The van der Waals surface area contributed by atoms with Crippen LogP contribution in [-0.2, 0) is 13.0 Å². The number of aromatic nitrogens is 1. The van der Waals surface area contributed by atoms with Crippen LogP contribution < -0.4 is 0 Å². The first-order chi connectivity index (χ1) is 8.78. The van der Waals surface area contributed by atoms with Gasteiger partial charge >= 0.3 is 0 Å². The lowest BCUT2D eigenvalue weighted by Gasteiger charge is -2.07. The van der Waals surface area contributed by atoms with Crippen molar-refractivity contribution in [3.05, 3.63) is 58.6 Å². The standard InChI is InChI=1S/C15H14BrNO/c1-2-11-4-3-5-12-8-9-17(15(11)12)10-13-6-7-14(16)18-13/h3-9H,2,10H2,1H3. The zero-order valence-corrected chi connectivity index (χ0v) is 11.8. The van der Waals surface area contributed by atoms with E-state index >= 15 is 0 Å². The van der Waals surface area contributed by atoms with Crippen LogP contribution in [0.3, 0.4) is 0 Å². The average Bonchev–Trinajstić information content (AvgIpc) is 2.97. The Morgan fingerprint density at radius 2 is 2.06 bits per heavy atom. The number of rotatable bonds is 3. The third kappa shape index (κ3) is 1.99. The number of fused-ring (bicyclic) bond motifs is 1. The molecule has 2 heterocycles. The number of hydrogen-bond donors (Lipinski definition) is 0. The molecule has 0 aliphatic heterocycles. The van der Waals surface area contributed by atoms with Gasteiger partial charge in [0.1, 0.15) is 5.76 Å². The molecule has 0 radical (unpaired) electrons. The number of hydrogen-bond acceptors (Lipinski definition) is 1. The third-order valence-corrected chi connectivity index (χ3v) is 3.63. The van der Waals surface area contributed by atoms with E-state index in [9.17, 15) is 0 Å². The number of para-hydroxylation sites is 1. The molecular weight excluding hydrogens is 290 g/mol. The molecule has 0 saturated carbocycles. The molecule has 0 fully saturated rings. The van der Waals surface area contributed by atoms with E-state index in [1.165, 1.54) is 16.5 Å². The third-order valence-electron chi connectivity index (χ3n) is 3.21. The molecule has 2 nitrogen and oxygen atoms in total. The Balaban J connectivity index is 2.06. The second-order valence-electron chi connectivity index (χ2n) is 4.36. The lowest BCUT2D eigenvalue weighted by Crippen LogP contribution is -1.98. The summed E-state index contributed by atoms with van der Waals surface area (Å²) in [4.78, 5) is 0. The van der Waals surface area contributed by atoms with Crippen LogP contribution in [0.25, 0.3) is 10.9 Å². The maximum atomic E-state index is 5.58. The van der Waals surface area contributed by atoms with Crippen LogP contribution in [-0.4, -0.2) is 4.57 Å². The van der Waals surface area contributed by atoms with Gasteiger partial charge in [0.2, 0.25) is 0 Å². The molecule has 3 aromatic rings. The van der Waals surface area contributed by atoms with Gasteiger partial charge in [0.25, 0.3) is 0 Å². The molecule has 18 heavy (non-hydrogen) atoms. The van der Waals surface area contributed by atoms with E-state index < -0.39 is 0 Å². The minimum absolute atomic E-state index is 0.770. The first-order valence-electron chi connectivity index (χ1n) is 6.09. The fourth-order valence-corrected chi connectivity index (χ4v) is 2.70. The Hall–Kier alpha value is -1.48. The van der Waals surface area contributed by atoms with Crippen LogP contribution in [0.2, 0.25) is 0 Å². The van der Waals surface area contributed by atoms with Gasteiger partial charge in [-0.05, 0) is 51.5 Å². The van der Waals surface area contributed by atoms with Crippen molar-refractivity contribution >= 4 is 26.8 Å². The molecule has 0 bridgehead atoms. The number of halogens is 1. The van der Waals surface area contributed by atoms with Gasteiger partial charge in [-0.25, -0.2) is 0 Å². The van der Waals surface area contributed by atoms with Gasteiger partial charge in [-0.1, -0.05) is 25.1 Å². The van der Waals surface area contributed by atoms with Gasteiger partial charge in [0.15, 0.2) is 4.67 Å². The molecule has 2 aromatic heterocycles. The largest absolute Gasteiger partial charge is 0.452 e. The zero-order valence-electron chi connectivity index (χ0n) is 10.2. The molecule has 0 unspecified atom stereocenters. The van der Waals surface area contributed by atoms with Crippen molar-refractivity contribution in [1.82, 2.24) is 4.57 Å². The summed E-state index contributed by atoms with van der Waals surface area (Å²) >= 11 is 3.34. The highest BCUT2D eigenvalue weighted by atomic mass is 79.9. The van der Waals surface area contributed by atoms with Gasteiger partial charge in [-0.3, -0.25) is 0 Å². The molecule has 0 spiro atoms. The van der Waals surface area contributed by atoms with E-state index in [0.717, 1.165) is 23.4 Å². The summed E-state index contributed by atoms with van der Waals surface area (Å²) in [6, 6.07) is 12.6. The monoisotopic (exact) mass is 303 g/mol. The molecule has 0 aliphatic rings. The molecule has 1 aromatic carbocycles. The predicted molar refractivity (Wildman–Crippen MR) is 76.8 cm³/mol. The first kappa shape index (κ1) is 11.6. The SMILES string of the molecule is CCc1cccc2ccn(Cc3ccc(Br)o3)c12. The van der Waals surface area contributed by atoms with Crippen molar-refractivity contribution in [2.24, 2.45) is 0 Å². The predicted octanol–water partition coefficient (Wildman–Crippen LogP) is 4.61. The highest BCUT2D eigenvalue weighted by molar-refractivity contribution is 9.10. The number of aryl methyl sites for hydroxylation is 1. The highest BCUT2D eigenvalue weighted by Crippen LogP contribution is 2.23. The molecule has 0 atom stereocenters. The Morgan fingerprint density at radius 1 is 1.17 bits per heavy atom. The molecule has 0 saturated heterocycles. The smallest absolute Gasteiger partial charge is 0.169 e. The summed E-state index contributed by atoms with van der Waals surface area (Å²) in [5.74, 6) is 0.963. The van der Waals surface area contributed by atoms with E-state index in [-0.39, 0.29) is 0 Å². The minimum Gasteiger partial charge on any atom is -0.452 e. The number of nitrogens with zero attached hydrogens (tertiary/aromatic N) is 1. The maximum Gasteiger partial charge on any atom is 0.169 e. The second kappa shape index (κ2) is 4.65. The normalized spacial score (nSPS) is 11.2. The number of furan rings is 1. The second-order valence-corrected chi connectivity index (χ2v) is 5.14. The van der Waals surface area contributed by atoms with Gasteiger partial charge in [0.05, 0.1) is 12.1 Å². The molecule has 3 heteroatoms. The maximum absolute atomic E-state index is 5.58. The molecule has 92 valence electrons. The summed E-state index contributed by atoms with van der Waals surface area (Å²) in [5.41, 5.74) is 2.69. The van der Waals surface area contributed by atoms with Crippen LogP contribution in [0.15, 0.2) is 51.7 Å². The molecule has 0 aliphatic carbocycles. The van der Waals surface area contributed by atoms with Crippen molar-refractivity contribution in [1.29, 1.82) is 0 Å². The lowest BCUT2D eigenvalue weighted by molar-refractivity contribution is 0.477. The van der Waals surface area contributed by atoms with Crippen LogP contribution in [0, 0.1) is 0 Å². The Labute approximate surface area is 114 Å². The van der Waals surface area contributed by atoms with Crippen LogP contribution in [0.4, 0.5) is 0 Å². The van der Waals surface area contributed by atoms with Crippen LogP contribution in [0.1, 0.15) is 18.2 Å².